The molecule has 1 fully saturated rings. The number of nitrogens with zero attached hydrogens (tertiary/aromatic N) is 2. The van der Waals surface area contributed by atoms with Crippen molar-refractivity contribution in [1.82, 2.24) is 9.88 Å². The highest BCUT2D eigenvalue weighted by atomic mass is 79.9. The third-order valence-electron chi connectivity index (χ3n) is 3.33. The van der Waals surface area contributed by atoms with Gasteiger partial charge in [-0.2, -0.15) is 0 Å². The number of carbonyl (C=O) groups is 1. The van der Waals surface area contributed by atoms with Crippen molar-refractivity contribution >= 4 is 33.8 Å². The fourth-order valence-corrected chi connectivity index (χ4v) is 3.84. The predicted molar refractivity (Wildman–Crippen MR) is 93.2 cm³/mol. The molecule has 1 unspecified atom stereocenters. The van der Waals surface area contributed by atoms with Gasteiger partial charge in [-0.1, -0.05) is 6.07 Å². The maximum atomic E-state index is 12.2. The van der Waals surface area contributed by atoms with Gasteiger partial charge in [-0.05, 0) is 67.6 Å². The number of hydrogen-bond donors (Lipinski definition) is 0. The third-order valence-corrected chi connectivity index (χ3v) is 4.93. The lowest BCUT2D eigenvalue weighted by Crippen LogP contribution is -2.43. The van der Waals surface area contributed by atoms with Crippen LogP contribution in [0.2, 0.25) is 0 Å². The average Bonchev–Trinajstić information content (AvgIpc) is 2.44. The summed E-state index contributed by atoms with van der Waals surface area (Å²) in [5, 5.41) is 1.02. The van der Waals surface area contributed by atoms with Gasteiger partial charge in [0.25, 0.3) is 0 Å². The van der Waals surface area contributed by atoms with Crippen LogP contribution in [0.15, 0.2) is 27.8 Å². The molecular formula is C16H23BrN2O2S. The lowest BCUT2D eigenvalue weighted by atomic mass is 10.0. The molecule has 1 aliphatic heterocycles. The standard InChI is InChI=1S/C16H23BrN2O2S/c1-16(2,3)21-15(20)19-9-5-6-12(10-19)11-22-14-8-4-7-13(17)18-14/h4,7-8,12H,5-6,9-11H2,1-3H3. The number of pyridine rings is 1. The van der Waals surface area contributed by atoms with Gasteiger partial charge < -0.3 is 9.64 Å². The minimum Gasteiger partial charge on any atom is -0.444 e. The average molecular weight is 387 g/mol. The highest BCUT2D eigenvalue weighted by Gasteiger charge is 2.27. The maximum absolute atomic E-state index is 12.2. The first kappa shape index (κ1) is 17.6. The highest BCUT2D eigenvalue weighted by Crippen LogP contribution is 2.26. The number of aromatic nitrogens is 1. The van der Waals surface area contributed by atoms with Crippen molar-refractivity contribution in [3.05, 3.63) is 22.8 Å². The van der Waals surface area contributed by atoms with Crippen LogP contribution >= 0.6 is 27.7 Å². The predicted octanol–water partition coefficient (Wildman–Crippen LogP) is 4.58. The second kappa shape index (κ2) is 7.68. The third kappa shape index (κ3) is 5.80. The van der Waals surface area contributed by atoms with Gasteiger partial charge in [-0.3, -0.25) is 0 Å². The number of piperidine rings is 1. The van der Waals surface area contributed by atoms with Gasteiger partial charge >= 0.3 is 6.09 Å². The van der Waals surface area contributed by atoms with Crippen molar-refractivity contribution < 1.29 is 9.53 Å². The number of amides is 1. The van der Waals surface area contributed by atoms with E-state index in [9.17, 15) is 4.79 Å². The van der Waals surface area contributed by atoms with Gasteiger partial charge in [-0.25, -0.2) is 9.78 Å². The number of carbonyl (C=O) groups excluding carboxylic acids is 1. The molecule has 22 heavy (non-hydrogen) atoms. The Hall–Kier alpha value is -0.750. The molecule has 0 radical (unpaired) electrons. The molecule has 1 aromatic rings. The Labute approximate surface area is 145 Å². The number of rotatable bonds is 3. The summed E-state index contributed by atoms with van der Waals surface area (Å²) in [6.45, 7) is 7.28. The van der Waals surface area contributed by atoms with Gasteiger partial charge in [0, 0.05) is 18.8 Å². The zero-order valence-electron chi connectivity index (χ0n) is 13.3. The summed E-state index contributed by atoms with van der Waals surface area (Å²) in [6, 6.07) is 5.94. The molecule has 1 aromatic heterocycles. The van der Waals surface area contributed by atoms with Crippen LogP contribution < -0.4 is 0 Å². The van der Waals surface area contributed by atoms with Crippen molar-refractivity contribution in [2.75, 3.05) is 18.8 Å². The molecular weight excluding hydrogens is 364 g/mol. The lowest BCUT2D eigenvalue weighted by molar-refractivity contribution is 0.0177. The summed E-state index contributed by atoms with van der Waals surface area (Å²) >= 11 is 5.14. The van der Waals surface area contributed by atoms with Crippen molar-refractivity contribution in [3.8, 4) is 0 Å². The Bertz CT molecular complexity index is 519. The van der Waals surface area contributed by atoms with Crippen molar-refractivity contribution in [2.24, 2.45) is 5.92 Å². The quantitative estimate of drug-likeness (QED) is 0.562. The summed E-state index contributed by atoms with van der Waals surface area (Å²) in [4.78, 5) is 18.4. The van der Waals surface area contributed by atoms with Gasteiger partial charge in [0.05, 0.1) is 5.03 Å². The Morgan fingerprint density at radius 3 is 2.95 bits per heavy atom. The lowest BCUT2D eigenvalue weighted by Gasteiger charge is -2.34. The number of halogens is 1. The summed E-state index contributed by atoms with van der Waals surface area (Å²) < 4.78 is 6.32. The van der Waals surface area contributed by atoms with Crippen LogP contribution in [0.3, 0.4) is 0 Å². The van der Waals surface area contributed by atoms with Crippen LogP contribution in [0, 0.1) is 5.92 Å². The minimum atomic E-state index is -0.432. The molecule has 0 aromatic carbocycles. The largest absolute Gasteiger partial charge is 0.444 e. The zero-order valence-corrected chi connectivity index (χ0v) is 15.7. The molecule has 1 saturated heterocycles. The molecule has 6 heteroatoms. The first-order valence-corrected chi connectivity index (χ1v) is 9.34. The van der Waals surface area contributed by atoms with E-state index in [1.54, 1.807) is 11.8 Å². The van der Waals surface area contributed by atoms with Crippen LogP contribution in [0.25, 0.3) is 0 Å². The van der Waals surface area contributed by atoms with E-state index in [0.29, 0.717) is 5.92 Å². The van der Waals surface area contributed by atoms with E-state index in [1.807, 2.05) is 43.9 Å². The van der Waals surface area contributed by atoms with E-state index in [1.165, 1.54) is 0 Å². The fourth-order valence-electron chi connectivity index (χ4n) is 2.37. The van der Waals surface area contributed by atoms with Crippen LogP contribution in [-0.4, -0.2) is 40.4 Å². The number of hydrogen-bond acceptors (Lipinski definition) is 4. The number of likely N-dealkylation sites (tertiary alicyclic amines) is 1. The van der Waals surface area contributed by atoms with Crippen LogP contribution in [0.1, 0.15) is 33.6 Å². The summed E-state index contributed by atoms with van der Waals surface area (Å²) in [5.74, 6) is 1.47. The van der Waals surface area contributed by atoms with Crippen molar-refractivity contribution in [2.45, 2.75) is 44.2 Å². The van der Waals surface area contributed by atoms with Crippen molar-refractivity contribution in [3.63, 3.8) is 0 Å². The van der Waals surface area contributed by atoms with E-state index < -0.39 is 5.60 Å². The van der Waals surface area contributed by atoms with E-state index in [4.69, 9.17) is 4.74 Å². The van der Waals surface area contributed by atoms with Crippen LogP contribution in [0.4, 0.5) is 4.79 Å². The molecule has 1 aliphatic rings. The Kier molecular flexibility index (Phi) is 6.15. The summed E-state index contributed by atoms with van der Waals surface area (Å²) in [6.07, 6.45) is 2.00. The molecule has 2 heterocycles. The van der Waals surface area contributed by atoms with E-state index >= 15 is 0 Å². The molecule has 122 valence electrons. The Morgan fingerprint density at radius 1 is 1.50 bits per heavy atom. The molecule has 0 bridgehead atoms. The molecule has 1 amide bonds. The van der Waals surface area contributed by atoms with E-state index in [2.05, 4.69) is 20.9 Å². The van der Waals surface area contributed by atoms with E-state index in [0.717, 1.165) is 41.3 Å². The Morgan fingerprint density at radius 2 is 2.27 bits per heavy atom. The SMILES string of the molecule is CC(C)(C)OC(=O)N1CCCC(CSc2cccc(Br)n2)C1. The molecule has 4 nitrogen and oxygen atoms in total. The van der Waals surface area contributed by atoms with Crippen molar-refractivity contribution in [1.29, 1.82) is 0 Å². The van der Waals surface area contributed by atoms with Crippen LogP contribution in [-0.2, 0) is 4.74 Å². The Balaban J connectivity index is 1.84. The second-order valence-electron chi connectivity index (χ2n) is 6.54. The minimum absolute atomic E-state index is 0.192. The first-order chi connectivity index (χ1) is 10.3. The van der Waals surface area contributed by atoms with Gasteiger partial charge in [0.15, 0.2) is 0 Å². The molecule has 0 spiro atoms. The van der Waals surface area contributed by atoms with Gasteiger partial charge in [0.2, 0.25) is 0 Å². The molecule has 0 saturated carbocycles. The monoisotopic (exact) mass is 386 g/mol. The number of thioether (sulfide) groups is 1. The normalized spacial score (nSPS) is 19.1. The molecule has 2 rings (SSSR count). The zero-order chi connectivity index (χ0) is 16.2. The molecule has 1 atom stereocenters. The van der Waals surface area contributed by atoms with E-state index in [-0.39, 0.29) is 6.09 Å². The van der Waals surface area contributed by atoms with Crippen LogP contribution in [0.5, 0.6) is 0 Å². The summed E-state index contributed by atoms with van der Waals surface area (Å²) in [5.41, 5.74) is -0.432. The maximum Gasteiger partial charge on any atom is 0.410 e. The number of ether oxygens (including phenoxy) is 1. The fraction of sp³-hybridized carbons (Fsp3) is 0.625. The second-order valence-corrected chi connectivity index (χ2v) is 8.40. The highest BCUT2D eigenvalue weighted by molar-refractivity contribution is 9.10. The summed E-state index contributed by atoms with van der Waals surface area (Å²) in [7, 11) is 0. The topological polar surface area (TPSA) is 42.4 Å². The van der Waals surface area contributed by atoms with Gasteiger partial charge in [-0.15, -0.1) is 11.8 Å². The first-order valence-electron chi connectivity index (χ1n) is 7.57. The van der Waals surface area contributed by atoms with Gasteiger partial charge in [0.1, 0.15) is 10.2 Å². The molecule has 0 aliphatic carbocycles. The molecule has 0 N–H and O–H groups in total. The smallest absolute Gasteiger partial charge is 0.410 e.